The van der Waals surface area contributed by atoms with Gasteiger partial charge in [0, 0.05) is 12.0 Å². The average Bonchev–Trinajstić information content (AvgIpc) is 2.33. The molecule has 1 aromatic carbocycles. The van der Waals surface area contributed by atoms with Crippen molar-refractivity contribution in [3.8, 4) is 11.5 Å². The highest BCUT2D eigenvalue weighted by atomic mass is 16.5. The van der Waals surface area contributed by atoms with Gasteiger partial charge in [-0.05, 0) is 19.1 Å². The summed E-state index contributed by atoms with van der Waals surface area (Å²) in [6.45, 7) is 5.24. The third kappa shape index (κ3) is 3.01. The average molecular weight is 252 g/mol. The zero-order chi connectivity index (χ0) is 13.9. The van der Waals surface area contributed by atoms with Crippen LogP contribution in [-0.2, 0) is 11.2 Å². The van der Waals surface area contributed by atoms with Crippen LogP contribution in [0.4, 0.5) is 0 Å². The van der Waals surface area contributed by atoms with Gasteiger partial charge in [0.15, 0.2) is 11.5 Å². The van der Waals surface area contributed by atoms with Crippen molar-refractivity contribution >= 4 is 5.97 Å². The molecule has 5 nitrogen and oxygen atoms in total. The molecule has 0 fully saturated rings. The first-order valence-corrected chi connectivity index (χ1v) is 5.33. The van der Waals surface area contributed by atoms with Gasteiger partial charge in [0.05, 0.1) is 18.8 Å². The molecule has 0 aliphatic heterocycles. The molecule has 18 heavy (non-hydrogen) atoms. The van der Waals surface area contributed by atoms with Crippen molar-refractivity contribution in [2.24, 2.45) is 0 Å². The van der Waals surface area contributed by atoms with Gasteiger partial charge in [-0.25, -0.2) is 4.79 Å². The number of hydrogen-bond donors (Lipinski definition) is 3. The number of aliphatic hydroxyl groups is 1. The van der Waals surface area contributed by atoms with Crippen LogP contribution in [0.1, 0.15) is 22.8 Å². The Morgan fingerprint density at radius 3 is 2.56 bits per heavy atom. The van der Waals surface area contributed by atoms with E-state index in [2.05, 4.69) is 11.3 Å². The second-order valence-electron chi connectivity index (χ2n) is 4.06. The molecule has 0 saturated carbocycles. The highest BCUT2D eigenvalue weighted by Gasteiger charge is 2.17. The van der Waals surface area contributed by atoms with Gasteiger partial charge in [-0.1, -0.05) is 12.2 Å². The number of carbonyl (C=O) groups excluding carboxylic acids is 1. The Balaban J connectivity index is 3.14. The van der Waals surface area contributed by atoms with Gasteiger partial charge in [-0.15, -0.1) is 0 Å². The molecule has 0 saturated heterocycles. The summed E-state index contributed by atoms with van der Waals surface area (Å²) >= 11 is 0. The molecule has 0 aromatic heterocycles. The number of esters is 1. The molecular weight excluding hydrogens is 236 g/mol. The molecule has 0 radical (unpaired) electrons. The molecule has 0 unspecified atom stereocenters. The maximum atomic E-state index is 11.4. The van der Waals surface area contributed by atoms with Gasteiger partial charge in [0.1, 0.15) is 0 Å². The lowest BCUT2D eigenvalue weighted by molar-refractivity contribution is 0.0600. The Morgan fingerprint density at radius 2 is 2.06 bits per heavy atom. The number of hydrogen-bond acceptors (Lipinski definition) is 5. The van der Waals surface area contributed by atoms with Crippen molar-refractivity contribution < 1.29 is 24.9 Å². The molecule has 0 aliphatic rings. The third-order valence-electron chi connectivity index (χ3n) is 2.57. The molecule has 0 spiro atoms. The zero-order valence-electron chi connectivity index (χ0n) is 10.3. The second-order valence-corrected chi connectivity index (χ2v) is 4.06. The number of aliphatic hydroxyl groups excluding tert-OH is 1. The SMILES string of the molecule is C=C(C)[C@H](O)Cc1cc(C(=O)OC)cc(O)c1O. The predicted molar refractivity (Wildman–Crippen MR) is 65.6 cm³/mol. The molecular formula is C13H16O5. The number of phenols is 2. The monoisotopic (exact) mass is 252 g/mol. The fourth-order valence-electron chi connectivity index (χ4n) is 1.45. The molecule has 1 aromatic rings. The minimum absolute atomic E-state index is 0.0551. The standard InChI is InChI=1S/C13H16O5/c1-7(2)10(14)5-8-4-9(13(17)18-3)6-11(15)12(8)16/h4,6,10,14-16H,1,5H2,2-3H3/t10-/m1/s1. The summed E-state index contributed by atoms with van der Waals surface area (Å²) < 4.78 is 4.53. The van der Waals surface area contributed by atoms with Crippen LogP contribution in [-0.4, -0.2) is 34.5 Å². The maximum absolute atomic E-state index is 11.4. The predicted octanol–water partition coefficient (Wildman–Crippen LogP) is 1.36. The zero-order valence-corrected chi connectivity index (χ0v) is 10.3. The van der Waals surface area contributed by atoms with Gasteiger partial charge in [0.25, 0.3) is 0 Å². The Kier molecular flexibility index (Phi) is 4.33. The number of rotatable bonds is 4. The van der Waals surface area contributed by atoms with Gasteiger partial charge in [-0.2, -0.15) is 0 Å². The minimum atomic E-state index is -0.858. The number of aromatic hydroxyl groups is 2. The first kappa shape index (κ1) is 14.1. The maximum Gasteiger partial charge on any atom is 0.337 e. The molecule has 0 amide bonds. The largest absolute Gasteiger partial charge is 0.504 e. The number of benzene rings is 1. The van der Waals surface area contributed by atoms with Gasteiger partial charge >= 0.3 is 5.97 Å². The van der Waals surface area contributed by atoms with Crippen LogP contribution in [0.25, 0.3) is 0 Å². The lowest BCUT2D eigenvalue weighted by atomic mass is 10.00. The van der Waals surface area contributed by atoms with E-state index in [9.17, 15) is 20.1 Å². The quantitative estimate of drug-likeness (QED) is 0.428. The van der Waals surface area contributed by atoms with Crippen LogP contribution in [0.2, 0.25) is 0 Å². The molecule has 0 heterocycles. The second kappa shape index (κ2) is 5.55. The van der Waals surface area contributed by atoms with Crippen molar-refractivity contribution in [1.82, 2.24) is 0 Å². The molecule has 0 aliphatic carbocycles. The first-order chi connectivity index (χ1) is 8.36. The van der Waals surface area contributed by atoms with Crippen molar-refractivity contribution in [3.05, 3.63) is 35.4 Å². The topological polar surface area (TPSA) is 87.0 Å². The molecule has 1 atom stereocenters. The molecule has 0 bridgehead atoms. The summed E-state index contributed by atoms with van der Waals surface area (Å²) in [5.74, 6) is -1.42. The van der Waals surface area contributed by atoms with Crippen LogP contribution in [0, 0.1) is 0 Å². The number of ether oxygens (including phenoxy) is 1. The van der Waals surface area contributed by atoms with Crippen molar-refractivity contribution in [2.75, 3.05) is 7.11 Å². The van der Waals surface area contributed by atoms with Gasteiger partial charge in [-0.3, -0.25) is 0 Å². The smallest absolute Gasteiger partial charge is 0.337 e. The van der Waals surface area contributed by atoms with Gasteiger partial charge in [0.2, 0.25) is 0 Å². The Morgan fingerprint density at radius 1 is 1.44 bits per heavy atom. The lowest BCUT2D eigenvalue weighted by Gasteiger charge is -2.13. The van der Waals surface area contributed by atoms with Crippen molar-refractivity contribution in [2.45, 2.75) is 19.4 Å². The Hall–Kier alpha value is -2.01. The molecule has 5 heteroatoms. The van der Waals surface area contributed by atoms with E-state index in [0.717, 1.165) is 6.07 Å². The summed E-state index contributed by atoms with van der Waals surface area (Å²) in [7, 11) is 1.22. The summed E-state index contributed by atoms with van der Waals surface area (Å²) in [4.78, 5) is 11.4. The van der Waals surface area contributed by atoms with E-state index in [1.54, 1.807) is 6.92 Å². The van der Waals surface area contributed by atoms with E-state index in [-0.39, 0.29) is 23.3 Å². The lowest BCUT2D eigenvalue weighted by Crippen LogP contribution is -2.12. The Labute approximate surface area is 105 Å². The summed E-state index contributed by atoms with van der Waals surface area (Å²) in [6.07, 6.45) is -0.803. The highest BCUT2D eigenvalue weighted by Crippen LogP contribution is 2.32. The van der Waals surface area contributed by atoms with E-state index in [1.807, 2.05) is 0 Å². The van der Waals surface area contributed by atoms with E-state index in [4.69, 9.17) is 0 Å². The molecule has 98 valence electrons. The third-order valence-corrected chi connectivity index (χ3v) is 2.57. The van der Waals surface area contributed by atoms with E-state index in [0.29, 0.717) is 5.57 Å². The summed E-state index contributed by atoms with van der Waals surface area (Å²) in [6, 6.07) is 2.48. The van der Waals surface area contributed by atoms with Gasteiger partial charge < -0.3 is 20.1 Å². The van der Waals surface area contributed by atoms with Crippen molar-refractivity contribution in [1.29, 1.82) is 0 Å². The van der Waals surface area contributed by atoms with E-state index in [1.165, 1.54) is 13.2 Å². The summed E-state index contributed by atoms with van der Waals surface area (Å²) in [5, 5.41) is 28.9. The first-order valence-electron chi connectivity index (χ1n) is 5.33. The number of phenolic OH excluding ortho intramolecular Hbond substituents is 2. The normalized spacial score (nSPS) is 11.9. The van der Waals surface area contributed by atoms with E-state index < -0.39 is 17.8 Å². The summed E-state index contributed by atoms with van der Waals surface area (Å²) in [5.41, 5.74) is 0.889. The van der Waals surface area contributed by atoms with Crippen LogP contribution in [0.3, 0.4) is 0 Å². The van der Waals surface area contributed by atoms with E-state index >= 15 is 0 Å². The number of carbonyl (C=O) groups is 1. The fraction of sp³-hybridized carbons (Fsp3) is 0.308. The van der Waals surface area contributed by atoms with Crippen LogP contribution in [0.15, 0.2) is 24.3 Å². The molecule has 3 N–H and O–H groups in total. The Bertz CT molecular complexity index is 479. The molecule has 1 rings (SSSR count). The van der Waals surface area contributed by atoms with Crippen LogP contribution >= 0.6 is 0 Å². The van der Waals surface area contributed by atoms with Crippen molar-refractivity contribution in [3.63, 3.8) is 0 Å². The highest BCUT2D eigenvalue weighted by molar-refractivity contribution is 5.90. The van der Waals surface area contributed by atoms with Crippen LogP contribution in [0.5, 0.6) is 11.5 Å². The van der Waals surface area contributed by atoms with Crippen LogP contribution < -0.4 is 0 Å². The number of methoxy groups -OCH3 is 1. The fourth-order valence-corrected chi connectivity index (χ4v) is 1.45. The minimum Gasteiger partial charge on any atom is -0.504 e.